The number of fused-ring (bicyclic) bond motifs is 1. The summed E-state index contributed by atoms with van der Waals surface area (Å²) in [5.41, 5.74) is 5.46. The molecule has 1 unspecified atom stereocenters. The third kappa shape index (κ3) is 3.92. The Morgan fingerprint density at radius 3 is 2.35 bits per heavy atom. The van der Waals surface area contributed by atoms with E-state index in [4.69, 9.17) is 10.8 Å². The first-order valence-electron chi connectivity index (χ1n) is 9.37. The number of anilines is 1. The van der Waals surface area contributed by atoms with Crippen LogP contribution in [0.3, 0.4) is 0 Å². The highest BCUT2D eigenvalue weighted by molar-refractivity contribution is 7.89. The third-order valence-corrected chi connectivity index (χ3v) is 7.06. The molecule has 1 fully saturated rings. The van der Waals surface area contributed by atoms with E-state index in [1.54, 1.807) is 17.0 Å². The molecule has 3 N–H and O–H groups in total. The first-order valence-corrected chi connectivity index (χ1v) is 10.8. The Hall–Kier alpha value is -3.57. The summed E-state index contributed by atoms with van der Waals surface area (Å²) in [5, 5.41) is 10.6. The summed E-state index contributed by atoms with van der Waals surface area (Å²) < 4.78 is 27.7. The number of aromatic carboxylic acids is 1. The SMILES string of the molecule is NC(=O)C1CN(c2ncc(C(=O)O)cn2)CCN1S(=O)(=O)c1ccc2ccccc2c1. The van der Waals surface area contributed by atoms with Crippen molar-refractivity contribution in [1.29, 1.82) is 0 Å². The molecule has 1 amide bonds. The van der Waals surface area contributed by atoms with Gasteiger partial charge in [-0.1, -0.05) is 30.3 Å². The van der Waals surface area contributed by atoms with Crippen LogP contribution in [0, 0.1) is 0 Å². The molecular weight excluding hydrogens is 422 g/mol. The second kappa shape index (κ2) is 7.93. The van der Waals surface area contributed by atoms with Crippen molar-refractivity contribution in [2.75, 3.05) is 24.5 Å². The molecule has 1 aromatic heterocycles. The molecule has 0 spiro atoms. The number of sulfonamides is 1. The lowest BCUT2D eigenvalue weighted by Gasteiger charge is -2.38. The summed E-state index contributed by atoms with van der Waals surface area (Å²) in [5.74, 6) is -1.76. The van der Waals surface area contributed by atoms with Crippen LogP contribution in [0.4, 0.5) is 5.95 Å². The number of piperazine rings is 1. The van der Waals surface area contributed by atoms with E-state index in [1.807, 2.05) is 24.3 Å². The first kappa shape index (κ1) is 20.7. The number of amides is 1. The molecule has 160 valence electrons. The number of carboxylic acid groups (broad SMARTS) is 1. The largest absolute Gasteiger partial charge is 0.478 e. The molecule has 11 heteroatoms. The van der Waals surface area contributed by atoms with E-state index in [-0.39, 0.29) is 36.0 Å². The molecule has 1 atom stereocenters. The summed E-state index contributed by atoms with van der Waals surface area (Å²) in [7, 11) is -3.98. The van der Waals surface area contributed by atoms with E-state index in [0.717, 1.165) is 27.5 Å². The zero-order valence-corrected chi connectivity index (χ0v) is 17.1. The molecule has 2 aromatic carbocycles. The van der Waals surface area contributed by atoms with Crippen molar-refractivity contribution in [3.63, 3.8) is 0 Å². The minimum atomic E-state index is -3.98. The summed E-state index contributed by atoms with van der Waals surface area (Å²) in [6.45, 7) is 0.157. The summed E-state index contributed by atoms with van der Waals surface area (Å²) in [6, 6.07) is 11.0. The predicted molar refractivity (Wildman–Crippen MR) is 112 cm³/mol. The molecule has 0 aliphatic carbocycles. The maximum absolute atomic E-state index is 13.3. The number of hydrogen-bond donors (Lipinski definition) is 2. The number of hydrogen-bond acceptors (Lipinski definition) is 7. The predicted octanol–water partition coefficient (Wildman–Crippen LogP) is 0.693. The number of carbonyl (C=O) groups is 2. The molecule has 0 radical (unpaired) electrons. The normalized spacial score (nSPS) is 17.5. The zero-order chi connectivity index (χ0) is 22.2. The van der Waals surface area contributed by atoms with E-state index >= 15 is 0 Å². The Balaban J connectivity index is 1.62. The van der Waals surface area contributed by atoms with Crippen molar-refractivity contribution in [3.05, 3.63) is 60.4 Å². The van der Waals surface area contributed by atoms with E-state index in [9.17, 15) is 18.0 Å². The molecule has 1 aliphatic heterocycles. The van der Waals surface area contributed by atoms with E-state index in [1.165, 1.54) is 6.07 Å². The second-order valence-corrected chi connectivity index (χ2v) is 8.96. The van der Waals surface area contributed by atoms with Crippen LogP contribution in [-0.2, 0) is 14.8 Å². The van der Waals surface area contributed by atoms with Gasteiger partial charge in [-0.05, 0) is 22.9 Å². The average molecular weight is 441 g/mol. The van der Waals surface area contributed by atoms with Crippen LogP contribution in [0.15, 0.2) is 59.8 Å². The fourth-order valence-corrected chi connectivity index (χ4v) is 5.14. The van der Waals surface area contributed by atoms with Crippen LogP contribution in [0.2, 0.25) is 0 Å². The Bertz CT molecular complexity index is 1260. The molecule has 0 saturated carbocycles. The smallest absolute Gasteiger partial charge is 0.338 e. The van der Waals surface area contributed by atoms with Crippen molar-refractivity contribution in [3.8, 4) is 0 Å². The van der Waals surface area contributed by atoms with Crippen molar-refractivity contribution in [2.24, 2.45) is 5.73 Å². The summed E-state index contributed by atoms with van der Waals surface area (Å²) in [4.78, 5) is 32.8. The second-order valence-electron chi connectivity index (χ2n) is 7.07. The van der Waals surface area contributed by atoms with Gasteiger partial charge in [0.15, 0.2) is 0 Å². The van der Waals surface area contributed by atoms with Crippen LogP contribution in [0.1, 0.15) is 10.4 Å². The van der Waals surface area contributed by atoms with Crippen LogP contribution >= 0.6 is 0 Å². The highest BCUT2D eigenvalue weighted by atomic mass is 32.2. The van der Waals surface area contributed by atoms with Gasteiger partial charge in [0.25, 0.3) is 0 Å². The van der Waals surface area contributed by atoms with Crippen molar-refractivity contribution in [2.45, 2.75) is 10.9 Å². The highest BCUT2D eigenvalue weighted by Gasteiger charge is 2.40. The maximum Gasteiger partial charge on any atom is 0.338 e. The Morgan fingerprint density at radius 1 is 1.03 bits per heavy atom. The van der Waals surface area contributed by atoms with Gasteiger partial charge in [0.05, 0.1) is 10.5 Å². The molecule has 1 saturated heterocycles. The van der Waals surface area contributed by atoms with Gasteiger partial charge < -0.3 is 15.7 Å². The molecule has 0 bridgehead atoms. The molecule has 31 heavy (non-hydrogen) atoms. The lowest BCUT2D eigenvalue weighted by atomic mass is 10.1. The number of carbonyl (C=O) groups excluding carboxylic acids is 1. The van der Waals surface area contributed by atoms with Crippen molar-refractivity contribution in [1.82, 2.24) is 14.3 Å². The Morgan fingerprint density at radius 2 is 1.71 bits per heavy atom. The number of benzene rings is 2. The zero-order valence-electron chi connectivity index (χ0n) is 16.2. The van der Waals surface area contributed by atoms with Crippen LogP contribution < -0.4 is 10.6 Å². The number of carboxylic acids is 1. The molecule has 2 heterocycles. The third-order valence-electron chi connectivity index (χ3n) is 5.16. The van der Waals surface area contributed by atoms with Gasteiger partial charge in [-0.25, -0.2) is 23.2 Å². The molecule has 10 nitrogen and oxygen atoms in total. The van der Waals surface area contributed by atoms with Gasteiger partial charge >= 0.3 is 5.97 Å². The number of aromatic nitrogens is 2. The average Bonchev–Trinajstić information content (AvgIpc) is 2.78. The number of nitrogens with zero attached hydrogens (tertiary/aromatic N) is 4. The quantitative estimate of drug-likeness (QED) is 0.588. The monoisotopic (exact) mass is 441 g/mol. The van der Waals surface area contributed by atoms with Crippen LogP contribution in [0.5, 0.6) is 0 Å². The minimum Gasteiger partial charge on any atom is -0.478 e. The van der Waals surface area contributed by atoms with Crippen LogP contribution in [-0.4, -0.2) is 65.4 Å². The summed E-state index contributed by atoms with van der Waals surface area (Å²) in [6.07, 6.45) is 2.31. The topological polar surface area (TPSA) is 147 Å². The van der Waals surface area contributed by atoms with Crippen molar-refractivity contribution < 1.29 is 23.1 Å². The molecule has 1 aliphatic rings. The standard InChI is InChI=1S/C20H19N5O5S/c21-18(26)17-12-24(20-22-10-15(11-23-20)19(27)28)7-8-25(17)31(29,30)16-6-5-13-3-1-2-4-14(13)9-16/h1-6,9-11,17H,7-8,12H2,(H2,21,26)(H,27,28). The Labute approximate surface area is 178 Å². The first-order chi connectivity index (χ1) is 14.8. The molecule has 4 rings (SSSR count). The molecule has 3 aromatic rings. The fraction of sp³-hybridized carbons (Fsp3) is 0.200. The van der Waals surface area contributed by atoms with E-state index in [0.29, 0.717) is 0 Å². The van der Waals surface area contributed by atoms with Gasteiger partial charge in [0.1, 0.15) is 6.04 Å². The van der Waals surface area contributed by atoms with Crippen LogP contribution in [0.25, 0.3) is 10.8 Å². The number of nitrogens with two attached hydrogens (primary N) is 1. The fourth-order valence-electron chi connectivity index (χ4n) is 3.53. The van der Waals surface area contributed by atoms with E-state index in [2.05, 4.69) is 9.97 Å². The lowest BCUT2D eigenvalue weighted by molar-refractivity contribution is -0.121. The van der Waals surface area contributed by atoms with Crippen molar-refractivity contribution >= 4 is 38.6 Å². The van der Waals surface area contributed by atoms with E-state index < -0.39 is 27.9 Å². The number of rotatable bonds is 5. The lowest BCUT2D eigenvalue weighted by Crippen LogP contribution is -2.60. The van der Waals surface area contributed by atoms with Gasteiger partial charge in [0.2, 0.25) is 21.9 Å². The number of primary amides is 1. The maximum atomic E-state index is 13.3. The minimum absolute atomic E-state index is 0.00713. The highest BCUT2D eigenvalue weighted by Crippen LogP contribution is 2.26. The Kier molecular flexibility index (Phi) is 5.29. The van der Waals surface area contributed by atoms with Gasteiger partial charge in [-0.2, -0.15) is 4.31 Å². The van der Waals surface area contributed by atoms with Gasteiger partial charge in [-0.15, -0.1) is 0 Å². The van der Waals surface area contributed by atoms with Gasteiger partial charge in [0, 0.05) is 32.0 Å². The van der Waals surface area contributed by atoms with Gasteiger partial charge in [-0.3, -0.25) is 4.79 Å². The summed E-state index contributed by atoms with van der Waals surface area (Å²) >= 11 is 0. The molecular formula is C20H19N5O5S.